The molecule has 0 saturated heterocycles. The maximum Gasteiger partial charge on any atom is 0.185 e. The van der Waals surface area contributed by atoms with E-state index in [1.165, 1.54) is 0 Å². The number of ether oxygens (including phenoxy) is 1. The number of nitrogens with one attached hydrogen (secondary N) is 1. The zero-order chi connectivity index (χ0) is 16.7. The van der Waals surface area contributed by atoms with Crippen molar-refractivity contribution in [3.05, 3.63) is 52.5 Å². The van der Waals surface area contributed by atoms with Crippen LogP contribution in [0, 0.1) is 0 Å². The Labute approximate surface area is 149 Å². The number of hydrogen-bond donors (Lipinski definition) is 2. The van der Waals surface area contributed by atoms with E-state index in [9.17, 15) is 4.79 Å². The summed E-state index contributed by atoms with van der Waals surface area (Å²) in [6.45, 7) is 2.85. The molecule has 0 saturated carbocycles. The Hall–Kier alpha value is -1.79. The molecule has 6 heteroatoms. The molecule has 0 fully saturated rings. The Bertz CT molecular complexity index is 705. The summed E-state index contributed by atoms with van der Waals surface area (Å²) in [5, 5.41) is 2.97. The fourth-order valence-electron chi connectivity index (χ4n) is 1.91. The first kappa shape index (κ1) is 17.6. The van der Waals surface area contributed by atoms with Crippen LogP contribution in [0.25, 0.3) is 0 Å². The van der Waals surface area contributed by atoms with Gasteiger partial charge >= 0.3 is 0 Å². The summed E-state index contributed by atoms with van der Waals surface area (Å²) in [5.74, 6) is 0.928. The molecule has 0 bridgehead atoms. The summed E-state index contributed by atoms with van der Waals surface area (Å²) < 4.78 is 6.59. The highest BCUT2D eigenvalue weighted by Gasteiger charge is 2.09. The summed E-state index contributed by atoms with van der Waals surface area (Å²) in [6, 6.07) is 13.5. The Morgan fingerprint density at radius 3 is 2.74 bits per heavy atom. The molecule has 0 radical (unpaired) electrons. The number of carbonyl (C=O) groups is 1. The molecule has 23 heavy (non-hydrogen) atoms. The lowest BCUT2D eigenvalue weighted by atomic mass is 10.2. The van der Waals surface area contributed by atoms with Crippen LogP contribution in [0.15, 0.2) is 56.8 Å². The van der Waals surface area contributed by atoms with Crippen molar-refractivity contribution >= 4 is 46.4 Å². The van der Waals surface area contributed by atoms with Crippen molar-refractivity contribution in [2.24, 2.45) is 4.99 Å². The lowest BCUT2D eigenvalue weighted by Gasteiger charge is -2.13. The van der Waals surface area contributed by atoms with E-state index in [1.54, 1.807) is 6.07 Å². The van der Waals surface area contributed by atoms with E-state index in [0.717, 1.165) is 10.0 Å². The van der Waals surface area contributed by atoms with Crippen molar-refractivity contribution in [2.75, 3.05) is 11.9 Å². The third-order valence-corrected chi connectivity index (χ3v) is 4.40. The largest absolute Gasteiger partial charge is 0.489 e. The van der Waals surface area contributed by atoms with Crippen LogP contribution in [-0.2, 0) is 11.4 Å². The van der Waals surface area contributed by atoms with Crippen LogP contribution in [0.3, 0.4) is 0 Å². The number of aldehydes is 1. The fraction of sp³-hybridized carbons (Fsp3) is 0.176. The molecule has 0 aliphatic rings. The topological polar surface area (TPSA) is 50.7 Å². The number of nitrogens with zero attached hydrogens (tertiary/aromatic N) is 1. The number of amidine groups is 1. The van der Waals surface area contributed by atoms with Crippen molar-refractivity contribution in [1.29, 1.82) is 0 Å². The zero-order valence-electron chi connectivity index (χ0n) is 12.6. The molecular formula is C17H17BrN2O2S. The number of carbonyl (C=O) groups excluding carboxylic acids is 1. The lowest BCUT2D eigenvalue weighted by Crippen LogP contribution is -2.14. The van der Waals surface area contributed by atoms with E-state index in [1.807, 2.05) is 43.3 Å². The van der Waals surface area contributed by atoms with Crippen molar-refractivity contribution in [2.45, 2.75) is 18.4 Å². The number of anilines is 1. The Kier molecular flexibility index (Phi) is 6.67. The second kappa shape index (κ2) is 8.74. The van der Waals surface area contributed by atoms with Crippen LogP contribution in [0.2, 0.25) is 0 Å². The average molecular weight is 393 g/mol. The van der Waals surface area contributed by atoms with E-state index in [0.29, 0.717) is 35.8 Å². The molecule has 0 aliphatic heterocycles. The van der Waals surface area contributed by atoms with E-state index in [4.69, 9.17) is 4.74 Å². The monoisotopic (exact) mass is 392 g/mol. The zero-order valence-corrected chi connectivity index (χ0v) is 15.1. The van der Waals surface area contributed by atoms with Crippen LogP contribution in [0.4, 0.5) is 5.69 Å². The molecule has 0 aliphatic carbocycles. The third kappa shape index (κ3) is 5.11. The average Bonchev–Trinajstić information content (AvgIpc) is 2.57. The van der Waals surface area contributed by atoms with Gasteiger partial charge in [-0.1, -0.05) is 30.3 Å². The van der Waals surface area contributed by atoms with Gasteiger partial charge in [-0.05, 0) is 34.5 Å². The number of halogens is 1. The van der Waals surface area contributed by atoms with Gasteiger partial charge in [-0.2, -0.15) is 0 Å². The molecule has 0 atom stereocenters. The molecule has 120 valence electrons. The molecule has 0 spiro atoms. The van der Waals surface area contributed by atoms with Gasteiger partial charge in [0.1, 0.15) is 12.4 Å². The summed E-state index contributed by atoms with van der Waals surface area (Å²) >= 11 is 7.89. The van der Waals surface area contributed by atoms with E-state index in [-0.39, 0.29) is 5.84 Å². The predicted octanol–water partition coefficient (Wildman–Crippen LogP) is 4.35. The Morgan fingerprint density at radius 2 is 2.09 bits per heavy atom. The van der Waals surface area contributed by atoms with Gasteiger partial charge in [-0.3, -0.25) is 9.79 Å². The number of aliphatic imine (C=N–C) groups is 1. The van der Waals surface area contributed by atoms with Crippen LogP contribution in [0.5, 0.6) is 5.75 Å². The molecule has 0 heterocycles. The number of hydrogen-bond acceptors (Lipinski definition) is 4. The fourth-order valence-corrected chi connectivity index (χ4v) is 2.53. The minimum atomic E-state index is 0.259. The highest BCUT2D eigenvalue weighted by atomic mass is 79.9. The summed E-state index contributed by atoms with van der Waals surface area (Å²) in [7, 11) is 0. The minimum absolute atomic E-state index is 0.259. The molecular weight excluding hydrogens is 376 g/mol. The van der Waals surface area contributed by atoms with Crippen LogP contribution in [-0.4, -0.2) is 18.7 Å². The van der Waals surface area contributed by atoms with Crippen LogP contribution >= 0.6 is 28.6 Å². The predicted molar refractivity (Wildman–Crippen MR) is 99.8 cm³/mol. The second-order valence-electron chi connectivity index (χ2n) is 4.68. The van der Waals surface area contributed by atoms with Gasteiger partial charge in [0.05, 0.1) is 5.69 Å². The van der Waals surface area contributed by atoms with Crippen LogP contribution in [0.1, 0.15) is 12.5 Å². The van der Waals surface area contributed by atoms with Crippen molar-refractivity contribution in [1.82, 2.24) is 0 Å². The van der Waals surface area contributed by atoms with Gasteiger partial charge in [-0.15, -0.1) is 12.6 Å². The quantitative estimate of drug-likeness (QED) is 0.332. The smallest absolute Gasteiger partial charge is 0.185 e. The van der Waals surface area contributed by atoms with Crippen molar-refractivity contribution in [3.63, 3.8) is 0 Å². The first-order valence-electron chi connectivity index (χ1n) is 7.10. The molecule has 2 aromatic rings. The second-order valence-corrected chi connectivity index (χ2v) is 5.98. The molecule has 1 N–H and O–H groups in total. The maximum atomic E-state index is 11.0. The molecule has 0 amide bonds. The molecule has 2 aromatic carbocycles. The van der Waals surface area contributed by atoms with E-state index < -0.39 is 0 Å². The summed E-state index contributed by atoms with van der Waals surface area (Å²) in [6.07, 6.45) is 0.683. The minimum Gasteiger partial charge on any atom is -0.489 e. The Balaban J connectivity index is 2.18. The Morgan fingerprint density at radius 1 is 1.35 bits per heavy atom. The molecule has 0 aromatic heterocycles. The lowest BCUT2D eigenvalue weighted by molar-refractivity contribution is -0.102. The van der Waals surface area contributed by atoms with E-state index in [2.05, 4.69) is 38.9 Å². The molecule has 2 rings (SSSR count). The summed E-state index contributed by atoms with van der Waals surface area (Å²) in [5.41, 5.74) is 1.74. The molecule has 0 unspecified atom stereocenters. The van der Waals surface area contributed by atoms with Gasteiger partial charge < -0.3 is 10.1 Å². The first-order chi connectivity index (χ1) is 11.1. The highest BCUT2D eigenvalue weighted by Crippen LogP contribution is 2.34. The normalized spacial score (nSPS) is 11.2. The van der Waals surface area contributed by atoms with Gasteiger partial charge in [0.15, 0.2) is 12.1 Å². The van der Waals surface area contributed by atoms with Gasteiger partial charge in [0.2, 0.25) is 0 Å². The highest BCUT2D eigenvalue weighted by molar-refractivity contribution is 9.10. The van der Waals surface area contributed by atoms with Gasteiger partial charge in [0, 0.05) is 22.0 Å². The van der Waals surface area contributed by atoms with E-state index >= 15 is 0 Å². The first-order valence-corrected chi connectivity index (χ1v) is 8.34. The standard InChI is InChI=1S/C17H17BrN2O2S/c1-2-19-16(10-21)20-15-9-13(8-14(18)17(15)23)22-11-12-6-4-3-5-7-12/h3-10,23H,2,11H2,1H3,(H,19,20). The maximum absolute atomic E-state index is 11.0. The van der Waals surface area contributed by atoms with Crippen molar-refractivity contribution in [3.8, 4) is 5.75 Å². The van der Waals surface area contributed by atoms with Gasteiger partial charge in [0.25, 0.3) is 0 Å². The van der Waals surface area contributed by atoms with Gasteiger partial charge in [-0.25, -0.2) is 0 Å². The van der Waals surface area contributed by atoms with Crippen LogP contribution < -0.4 is 10.1 Å². The van der Waals surface area contributed by atoms with Crippen molar-refractivity contribution < 1.29 is 9.53 Å². The number of benzene rings is 2. The number of thiol groups is 1. The number of rotatable bonds is 6. The molecule has 4 nitrogen and oxygen atoms in total. The third-order valence-electron chi connectivity index (χ3n) is 2.99. The summed E-state index contributed by atoms with van der Waals surface area (Å²) in [4.78, 5) is 15.8. The SMILES string of the molecule is CCN=C(C=O)Nc1cc(OCc2ccccc2)cc(Br)c1S.